The van der Waals surface area contributed by atoms with Crippen molar-refractivity contribution in [2.75, 3.05) is 7.05 Å². The predicted molar refractivity (Wildman–Crippen MR) is 62.7 cm³/mol. The standard InChI is InChI=1S/C12H14N2O2/c1-7-4-5-8(2)11-9(7)6-10(15-11)12(13)16-14-3/h4-6,13-14H,1-3H3. The molecule has 0 saturated heterocycles. The maximum Gasteiger partial charge on any atom is 0.273 e. The van der Waals surface area contributed by atoms with Gasteiger partial charge in [-0.15, -0.1) is 0 Å². The lowest BCUT2D eigenvalue weighted by molar-refractivity contribution is 0.203. The van der Waals surface area contributed by atoms with Crippen LogP contribution in [0.25, 0.3) is 11.0 Å². The normalized spacial score (nSPS) is 10.7. The van der Waals surface area contributed by atoms with Crippen LogP contribution in [-0.4, -0.2) is 12.9 Å². The van der Waals surface area contributed by atoms with Crippen molar-refractivity contribution < 1.29 is 9.25 Å². The molecule has 84 valence electrons. The molecule has 0 radical (unpaired) electrons. The van der Waals surface area contributed by atoms with Gasteiger partial charge >= 0.3 is 0 Å². The van der Waals surface area contributed by atoms with E-state index < -0.39 is 0 Å². The minimum Gasteiger partial charge on any atom is -0.451 e. The van der Waals surface area contributed by atoms with E-state index in [0.29, 0.717) is 5.76 Å². The molecule has 1 aromatic carbocycles. The third kappa shape index (κ3) is 1.67. The van der Waals surface area contributed by atoms with Crippen LogP contribution in [0.1, 0.15) is 16.9 Å². The number of hydrogen-bond acceptors (Lipinski definition) is 4. The molecule has 1 heterocycles. The second-order valence-corrected chi connectivity index (χ2v) is 3.69. The molecule has 4 nitrogen and oxygen atoms in total. The summed E-state index contributed by atoms with van der Waals surface area (Å²) < 4.78 is 5.60. The van der Waals surface area contributed by atoms with E-state index in [-0.39, 0.29) is 5.90 Å². The van der Waals surface area contributed by atoms with Gasteiger partial charge in [-0.25, -0.2) is 0 Å². The summed E-state index contributed by atoms with van der Waals surface area (Å²) in [6, 6.07) is 5.88. The Morgan fingerprint density at radius 2 is 2.00 bits per heavy atom. The molecular weight excluding hydrogens is 204 g/mol. The SMILES string of the molecule is CNOC(=N)c1cc2c(C)ccc(C)c2o1. The number of aryl methyl sites for hydroxylation is 2. The molecule has 0 spiro atoms. The second-order valence-electron chi connectivity index (χ2n) is 3.69. The quantitative estimate of drug-likeness (QED) is 0.462. The molecule has 2 N–H and O–H groups in total. The first-order valence-electron chi connectivity index (χ1n) is 5.05. The highest BCUT2D eigenvalue weighted by atomic mass is 16.7. The highest BCUT2D eigenvalue weighted by Crippen LogP contribution is 2.26. The number of fused-ring (bicyclic) bond motifs is 1. The molecule has 0 aliphatic rings. The molecular formula is C12H14N2O2. The maximum atomic E-state index is 7.62. The van der Waals surface area contributed by atoms with Crippen molar-refractivity contribution >= 4 is 16.9 Å². The number of hydrogen-bond donors (Lipinski definition) is 2. The summed E-state index contributed by atoms with van der Waals surface area (Å²) in [5.74, 6) is 0.416. The Morgan fingerprint density at radius 3 is 2.62 bits per heavy atom. The van der Waals surface area contributed by atoms with E-state index in [1.165, 1.54) is 0 Å². The van der Waals surface area contributed by atoms with E-state index in [4.69, 9.17) is 14.7 Å². The first-order chi connectivity index (χ1) is 7.63. The van der Waals surface area contributed by atoms with Gasteiger partial charge in [0.1, 0.15) is 5.58 Å². The van der Waals surface area contributed by atoms with Gasteiger partial charge in [-0.3, -0.25) is 5.41 Å². The van der Waals surface area contributed by atoms with Gasteiger partial charge in [-0.1, -0.05) is 12.1 Å². The van der Waals surface area contributed by atoms with Crippen LogP contribution in [0.2, 0.25) is 0 Å². The lowest BCUT2D eigenvalue weighted by Gasteiger charge is -1.99. The maximum absolute atomic E-state index is 7.62. The summed E-state index contributed by atoms with van der Waals surface area (Å²) >= 11 is 0. The highest BCUT2D eigenvalue weighted by molar-refractivity contribution is 5.95. The average molecular weight is 218 g/mol. The van der Waals surface area contributed by atoms with Gasteiger partial charge in [-0.2, -0.15) is 5.48 Å². The van der Waals surface area contributed by atoms with Crippen LogP contribution < -0.4 is 5.48 Å². The number of furan rings is 1. The van der Waals surface area contributed by atoms with E-state index >= 15 is 0 Å². The molecule has 16 heavy (non-hydrogen) atoms. The van der Waals surface area contributed by atoms with Crippen molar-refractivity contribution in [3.8, 4) is 0 Å². The fraction of sp³-hybridized carbons (Fsp3) is 0.250. The lowest BCUT2D eigenvalue weighted by Crippen LogP contribution is -2.14. The molecule has 0 unspecified atom stereocenters. The van der Waals surface area contributed by atoms with Crippen LogP contribution in [0.15, 0.2) is 22.6 Å². The molecule has 1 aromatic heterocycles. The zero-order valence-corrected chi connectivity index (χ0v) is 9.55. The molecule has 0 amide bonds. The Balaban J connectivity index is 2.55. The van der Waals surface area contributed by atoms with Crippen molar-refractivity contribution in [1.82, 2.24) is 5.48 Å². The largest absolute Gasteiger partial charge is 0.451 e. The van der Waals surface area contributed by atoms with E-state index in [0.717, 1.165) is 22.1 Å². The van der Waals surface area contributed by atoms with Crippen LogP contribution in [-0.2, 0) is 4.84 Å². The van der Waals surface area contributed by atoms with Crippen molar-refractivity contribution in [2.24, 2.45) is 0 Å². The smallest absolute Gasteiger partial charge is 0.273 e. The van der Waals surface area contributed by atoms with Crippen LogP contribution in [0.5, 0.6) is 0 Å². The first kappa shape index (κ1) is 10.7. The fourth-order valence-electron chi connectivity index (χ4n) is 1.66. The number of nitrogens with one attached hydrogen (secondary N) is 2. The van der Waals surface area contributed by atoms with E-state index in [9.17, 15) is 0 Å². The molecule has 0 aliphatic carbocycles. The van der Waals surface area contributed by atoms with Gasteiger partial charge in [0.05, 0.1) is 0 Å². The summed E-state index contributed by atoms with van der Waals surface area (Å²) in [5, 5.41) is 8.65. The Bertz CT molecular complexity index is 504. The van der Waals surface area contributed by atoms with Crippen LogP contribution in [0.4, 0.5) is 0 Å². The topological polar surface area (TPSA) is 58.2 Å². The molecule has 0 aliphatic heterocycles. The van der Waals surface area contributed by atoms with E-state index in [2.05, 4.69) is 5.48 Å². The Labute approximate surface area is 93.7 Å². The van der Waals surface area contributed by atoms with Gasteiger partial charge in [0.15, 0.2) is 5.76 Å². The van der Waals surface area contributed by atoms with Crippen LogP contribution in [0, 0.1) is 19.3 Å². The minimum atomic E-state index is -0.0162. The summed E-state index contributed by atoms with van der Waals surface area (Å²) in [7, 11) is 1.60. The van der Waals surface area contributed by atoms with Gasteiger partial charge in [-0.05, 0) is 31.0 Å². The minimum absolute atomic E-state index is 0.0162. The molecule has 0 fully saturated rings. The monoisotopic (exact) mass is 218 g/mol. The zero-order chi connectivity index (χ0) is 11.7. The fourth-order valence-corrected chi connectivity index (χ4v) is 1.66. The molecule has 0 saturated carbocycles. The second kappa shape index (κ2) is 3.98. The van der Waals surface area contributed by atoms with Crippen molar-refractivity contribution in [2.45, 2.75) is 13.8 Å². The Hall–Kier alpha value is -1.81. The van der Waals surface area contributed by atoms with E-state index in [1.807, 2.05) is 32.0 Å². The van der Waals surface area contributed by atoms with Gasteiger partial charge < -0.3 is 9.25 Å². The number of hydroxylamine groups is 1. The number of benzene rings is 1. The third-order valence-electron chi connectivity index (χ3n) is 2.53. The number of rotatable bonds is 2. The molecule has 0 atom stereocenters. The molecule has 2 aromatic rings. The van der Waals surface area contributed by atoms with Crippen molar-refractivity contribution in [3.05, 3.63) is 35.1 Å². The lowest BCUT2D eigenvalue weighted by atomic mass is 10.1. The summed E-state index contributed by atoms with van der Waals surface area (Å²) in [5.41, 5.74) is 5.47. The van der Waals surface area contributed by atoms with Gasteiger partial charge in [0, 0.05) is 12.4 Å². The summed E-state index contributed by atoms with van der Waals surface area (Å²) in [6.45, 7) is 4.00. The van der Waals surface area contributed by atoms with Gasteiger partial charge in [0.25, 0.3) is 5.90 Å². The molecule has 0 bridgehead atoms. The summed E-state index contributed by atoms with van der Waals surface area (Å²) in [6.07, 6.45) is 0. The zero-order valence-electron chi connectivity index (χ0n) is 9.55. The van der Waals surface area contributed by atoms with Crippen molar-refractivity contribution in [3.63, 3.8) is 0 Å². The van der Waals surface area contributed by atoms with Crippen LogP contribution >= 0.6 is 0 Å². The van der Waals surface area contributed by atoms with E-state index in [1.54, 1.807) is 7.05 Å². The third-order valence-corrected chi connectivity index (χ3v) is 2.53. The molecule has 4 heteroatoms. The average Bonchev–Trinajstić information content (AvgIpc) is 2.70. The highest BCUT2D eigenvalue weighted by Gasteiger charge is 2.12. The Kier molecular flexibility index (Phi) is 2.66. The Morgan fingerprint density at radius 1 is 1.31 bits per heavy atom. The summed E-state index contributed by atoms with van der Waals surface area (Å²) in [4.78, 5) is 4.88. The first-order valence-corrected chi connectivity index (χ1v) is 5.05. The van der Waals surface area contributed by atoms with Gasteiger partial charge in [0.2, 0.25) is 0 Å². The molecule has 2 rings (SSSR count). The predicted octanol–water partition coefficient (Wildman–Crippen LogP) is 2.53. The van der Waals surface area contributed by atoms with Crippen LogP contribution in [0.3, 0.4) is 0 Å². The van der Waals surface area contributed by atoms with Crippen molar-refractivity contribution in [1.29, 1.82) is 5.41 Å².